The van der Waals surface area contributed by atoms with Crippen LogP contribution in [0.5, 0.6) is 5.75 Å². The molecular weight excluding hydrogens is 188 g/mol. The summed E-state index contributed by atoms with van der Waals surface area (Å²) in [6.07, 6.45) is 4.30. The lowest BCUT2D eigenvalue weighted by atomic mass is 10.1. The standard InChI is InChI=1S/C13H16O2/c1-4-12-8-7-11(6-5-10(2)14)9-13(12)15-3/h5-9H,4H2,1-3H3/b6-5+. The second-order valence-corrected chi connectivity index (χ2v) is 3.37. The van der Waals surface area contributed by atoms with Crippen LogP contribution in [0.2, 0.25) is 0 Å². The fourth-order valence-electron chi connectivity index (χ4n) is 1.37. The Morgan fingerprint density at radius 1 is 1.47 bits per heavy atom. The molecule has 0 heterocycles. The van der Waals surface area contributed by atoms with Gasteiger partial charge in [-0.3, -0.25) is 4.79 Å². The van der Waals surface area contributed by atoms with Crippen molar-refractivity contribution in [1.29, 1.82) is 0 Å². The van der Waals surface area contributed by atoms with Gasteiger partial charge in [0.15, 0.2) is 5.78 Å². The minimum Gasteiger partial charge on any atom is -0.496 e. The van der Waals surface area contributed by atoms with Gasteiger partial charge in [-0.15, -0.1) is 0 Å². The Morgan fingerprint density at radius 2 is 2.20 bits per heavy atom. The molecule has 0 bridgehead atoms. The highest BCUT2D eigenvalue weighted by atomic mass is 16.5. The molecule has 0 saturated heterocycles. The minimum atomic E-state index is 0.0496. The van der Waals surface area contributed by atoms with Gasteiger partial charge >= 0.3 is 0 Å². The third-order valence-corrected chi connectivity index (χ3v) is 2.20. The first-order valence-electron chi connectivity index (χ1n) is 5.03. The van der Waals surface area contributed by atoms with E-state index in [4.69, 9.17) is 4.74 Å². The third-order valence-electron chi connectivity index (χ3n) is 2.20. The van der Waals surface area contributed by atoms with Crippen molar-refractivity contribution in [2.75, 3.05) is 7.11 Å². The number of aryl methyl sites for hydroxylation is 1. The fraction of sp³-hybridized carbons (Fsp3) is 0.308. The molecule has 0 aliphatic carbocycles. The van der Waals surface area contributed by atoms with E-state index in [1.807, 2.05) is 18.2 Å². The summed E-state index contributed by atoms with van der Waals surface area (Å²) in [4.78, 5) is 10.8. The molecule has 0 aromatic heterocycles. The molecule has 0 radical (unpaired) electrons. The SMILES string of the molecule is CCc1ccc(/C=C/C(C)=O)cc1OC. The van der Waals surface area contributed by atoms with Crippen LogP contribution in [0.3, 0.4) is 0 Å². The molecule has 2 heteroatoms. The summed E-state index contributed by atoms with van der Waals surface area (Å²) in [5.74, 6) is 0.928. The predicted octanol–water partition coefficient (Wildman–Crippen LogP) is 2.86. The molecule has 1 rings (SSSR count). The highest BCUT2D eigenvalue weighted by Crippen LogP contribution is 2.21. The number of ether oxygens (including phenoxy) is 1. The van der Waals surface area contributed by atoms with Crippen LogP contribution < -0.4 is 4.74 Å². The summed E-state index contributed by atoms with van der Waals surface area (Å²) in [5, 5.41) is 0. The number of methoxy groups -OCH3 is 1. The van der Waals surface area contributed by atoms with Gasteiger partial charge < -0.3 is 4.74 Å². The molecule has 0 N–H and O–H groups in total. The molecule has 0 spiro atoms. The van der Waals surface area contributed by atoms with E-state index in [1.54, 1.807) is 19.3 Å². The van der Waals surface area contributed by atoms with Crippen molar-refractivity contribution in [2.24, 2.45) is 0 Å². The van der Waals surface area contributed by atoms with Crippen LogP contribution in [0.1, 0.15) is 25.0 Å². The smallest absolute Gasteiger partial charge is 0.152 e. The van der Waals surface area contributed by atoms with E-state index in [9.17, 15) is 4.79 Å². The molecule has 0 unspecified atom stereocenters. The van der Waals surface area contributed by atoms with Gasteiger partial charge in [0, 0.05) is 0 Å². The molecule has 0 aliphatic rings. The molecular formula is C13H16O2. The fourth-order valence-corrected chi connectivity index (χ4v) is 1.37. The molecule has 15 heavy (non-hydrogen) atoms. The van der Waals surface area contributed by atoms with Crippen molar-refractivity contribution >= 4 is 11.9 Å². The number of benzene rings is 1. The molecule has 80 valence electrons. The Morgan fingerprint density at radius 3 is 2.73 bits per heavy atom. The largest absolute Gasteiger partial charge is 0.496 e. The zero-order valence-electron chi connectivity index (χ0n) is 9.41. The number of rotatable bonds is 4. The molecule has 0 amide bonds. The van der Waals surface area contributed by atoms with E-state index in [1.165, 1.54) is 12.5 Å². The summed E-state index contributed by atoms with van der Waals surface area (Å²) in [7, 11) is 1.66. The third kappa shape index (κ3) is 3.24. The topological polar surface area (TPSA) is 26.3 Å². The van der Waals surface area contributed by atoms with Gasteiger partial charge in [0.2, 0.25) is 0 Å². The van der Waals surface area contributed by atoms with Crippen LogP contribution in [-0.2, 0) is 11.2 Å². The second-order valence-electron chi connectivity index (χ2n) is 3.37. The van der Waals surface area contributed by atoms with E-state index in [0.29, 0.717) is 0 Å². The van der Waals surface area contributed by atoms with Gasteiger partial charge in [-0.25, -0.2) is 0 Å². The number of carbonyl (C=O) groups excluding carboxylic acids is 1. The van der Waals surface area contributed by atoms with Gasteiger partial charge in [0.25, 0.3) is 0 Å². The summed E-state index contributed by atoms with van der Waals surface area (Å²) < 4.78 is 5.26. The Labute approximate surface area is 90.6 Å². The zero-order valence-corrected chi connectivity index (χ0v) is 9.41. The van der Waals surface area contributed by atoms with Crippen molar-refractivity contribution in [1.82, 2.24) is 0 Å². The number of ketones is 1. The van der Waals surface area contributed by atoms with Crippen LogP contribution in [0.15, 0.2) is 24.3 Å². The van der Waals surface area contributed by atoms with Crippen LogP contribution in [-0.4, -0.2) is 12.9 Å². The lowest BCUT2D eigenvalue weighted by Gasteiger charge is -2.06. The predicted molar refractivity (Wildman–Crippen MR) is 62.1 cm³/mol. The van der Waals surface area contributed by atoms with Gasteiger partial charge in [0.05, 0.1) is 7.11 Å². The lowest BCUT2D eigenvalue weighted by molar-refractivity contribution is -0.112. The van der Waals surface area contributed by atoms with Crippen LogP contribution in [0.4, 0.5) is 0 Å². The summed E-state index contributed by atoms with van der Waals surface area (Å²) in [6, 6.07) is 5.96. The maximum absolute atomic E-state index is 10.8. The number of hydrogen-bond acceptors (Lipinski definition) is 2. The van der Waals surface area contributed by atoms with E-state index in [2.05, 4.69) is 6.92 Å². The average Bonchev–Trinajstić information content (AvgIpc) is 2.25. The Hall–Kier alpha value is -1.57. The van der Waals surface area contributed by atoms with E-state index in [-0.39, 0.29) is 5.78 Å². The molecule has 1 aromatic rings. The molecule has 2 nitrogen and oxygen atoms in total. The van der Waals surface area contributed by atoms with Crippen molar-refractivity contribution < 1.29 is 9.53 Å². The Kier molecular flexibility index (Phi) is 4.10. The molecule has 0 aliphatic heterocycles. The molecule has 0 atom stereocenters. The molecule has 0 fully saturated rings. The van der Waals surface area contributed by atoms with Crippen LogP contribution in [0, 0.1) is 0 Å². The van der Waals surface area contributed by atoms with E-state index < -0.39 is 0 Å². The number of hydrogen-bond donors (Lipinski definition) is 0. The number of carbonyl (C=O) groups is 1. The van der Waals surface area contributed by atoms with Crippen molar-refractivity contribution in [3.63, 3.8) is 0 Å². The van der Waals surface area contributed by atoms with Crippen molar-refractivity contribution in [3.05, 3.63) is 35.4 Å². The normalized spacial score (nSPS) is 10.6. The molecule has 1 aromatic carbocycles. The van der Waals surface area contributed by atoms with Gasteiger partial charge in [-0.1, -0.05) is 25.1 Å². The zero-order chi connectivity index (χ0) is 11.3. The van der Waals surface area contributed by atoms with Crippen LogP contribution >= 0.6 is 0 Å². The van der Waals surface area contributed by atoms with Gasteiger partial charge in [-0.2, -0.15) is 0 Å². The lowest BCUT2D eigenvalue weighted by Crippen LogP contribution is -1.91. The van der Waals surface area contributed by atoms with Crippen molar-refractivity contribution in [2.45, 2.75) is 20.3 Å². The molecule has 0 saturated carbocycles. The summed E-state index contributed by atoms with van der Waals surface area (Å²) in [5.41, 5.74) is 2.16. The highest BCUT2D eigenvalue weighted by Gasteiger charge is 2.00. The maximum atomic E-state index is 10.8. The Balaban J connectivity index is 2.97. The van der Waals surface area contributed by atoms with E-state index in [0.717, 1.165) is 17.7 Å². The van der Waals surface area contributed by atoms with E-state index >= 15 is 0 Å². The van der Waals surface area contributed by atoms with Gasteiger partial charge in [-0.05, 0) is 36.6 Å². The monoisotopic (exact) mass is 204 g/mol. The quantitative estimate of drug-likeness (QED) is 0.705. The summed E-state index contributed by atoms with van der Waals surface area (Å²) >= 11 is 0. The first-order valence-corrected chi connectivity index (χ1v) is 5.03. The first-order chi connectivity index (χ1) is 7.17. The minimum absolute atomic E-state index is 0.0496. The highest BCUT2D eigenvalue weighted by molar-refractivity contribution is 5.91. The first kappa shape index (κ1) is 11.5. The number of allylic oxidation sites excluding steroid dienone is 1. The van der Waals surface area contributed by atoms with Crippen LogP contribution in [0.25, 0.3) is 6.08 Å². The average molecular weight is 204 g/mol. The van der Waals surface area contributed by atoms with Gasteiger partial charge in [0.1, 0.15) is 5.75 Å². The summed E-state index contributed by atoms with van der Waals surface area (Å²) in [6.45, 7) is 3.62. The second kappa shape index (κ2) is 5.35. The maximum Gasteiger partial charge on any atom is 0.152 e. The van der Waals surface area contributed by atoms with Crippen molar-refractivity contribution in [3.8, 4) is 5.75 Å². The Bertz CT molecular complexity index is 378.